The molecule has 0 aliphatic rings. The number of carboxylic acid groups (broad SMARTS) is 2. The first-order valence-corrected chi connectivity index (χ1v) is 20.0. The number of nitrogens with zero attached hydrogens (tertiary/aromatic N) is 4. The summed E-state index contributed by atoms with van der Waals surface area (Å²) >= 11 is 7.28. The van der Waals surface area contributed by atoms with Gasteiger partial charge in [0.1, 0.15) is 34.7 Å². The van der Waals surface area contributed by atoms with Crippen LogP contribution < -0.4 is 9.84 Å². The Morgan fingerprint density at radius 2 is 1.53 bits per heavy atom. The van der Waals surface area contributed by atoms with Crippen molar-refractivity contribution in [3.63, 3.8) is 0 Å². The summed E-state index contributed by atoms with van der Waals surface area (Å²) in [6.07, 6.45) is -3.25. The summed E-state index contributed by atoms with van der Waals surface area (Å²) in [4.78, 5) is 24.8. The number of imidazole rings is 1. The molecule has 0 atom stereocenters. The minimum Gasteiger partial charge on any atom is -0.542 e. The third kappa shape index (κ3) is 11.5. The number of sulfonamides is 1. The Morgan fingerprint density at radius 3 is 2.02 bits per heavy atom. The summed E-state index contributed by atoms with van der Waals surface area (Å²) in [5, 5.41) is 19.4. The normalized spacial score (nSPS) is 12.6. The third-order valence-corrected chi connectivity index (χ3v) is 12.3. The van der Waals surface area contributed by atoms with Crippen LogP contribution in [-0.2, 0) is 30.8 Å². The van der Waals surface area contributed by atoms with Crippen molar-refractivity contribution in [2.45, 2.75) is 67.1 Å². The van der Waals surface area contributed by atoms with E-state index in [2.05, 4.69) is 4.98 Å². The molecule has 318 valence electrons. The van der Waals surface area contributed by atoms with E-state index in [-0.39, 0.29) is 12.3 Å². The van der Waals surface area contributed by atoms with Gasteiger partial charge in [-0.05, 0) is 67.9 Å². The summed E-state index contributed by atoms with van der Waals surface area (Å²) < 4.78 is 113. The first-order chi connectivity index (χ1) is 26.5. The molecule has 1 aromatic heterocycles. The van der Waals surface area contributed by atoms with E-state index >= 15 is 8.78 Å². The number of methoxy groups -OCH3 is 1. The van der Waals surface area contributed by atoms with Gasteiger partial charge in [-0.15, -0.1) is 0 Å². The smallest absolute Gasteiger partial charge is 0.430 e. The van der Waals surface area contributed by atoms with Gasteiger partial charge in [-0.2, -0.15) is 17.5 Å². The number of halogens is 7. The molecule has 0 amide bonds. The number of alkyl halides is 3. The van der Waals surface area contributed by atoms with Crippen molar-refractivity contribution in [2.75, 3.05) is 41.3 Å². The Labute approximate surface area is 341 Å². The van der Waals surface area contributed by atoms with E-state index in [1.54, 1.807) is 35.0 Å². The van der Waals surface area contributed by atoms with Crippen LogP contribution in [-0.4, -0.2) is 96.9 Å². The van der Waals surface area contributed by atoms with E-state index in [4.69, 9.17) is 26.2 Å². The Morgan fingerprint density at radius 1 is 0.983 bits per heavy atom. The maximum Gasteiger partial charge on any atom is 0.430 e. The predicted molar refractivity (Wildman–Crippen MR) is 204 cm³/mol. The highest BCUT2D eigenvalue weighted by atomic mass is 35.5. The average molecular weight is 881 g/mol. The van der Waals surface area contributed by atoms with Gasteiger partial charge in [0.2, 0.25) is 10.0 Å². The zero-order chi connectivity index (χ0) is 44.2. The number of rotatable bonds is 15. The molecule has 0 spiro atoms. The van der Waals surface area contributed by atoms with Crippen LogP contribution in [0.5, 0.6) is 5.75 Å². The molecule has 0 radical (unpaired) electrons. The van der Waals surface area contributed by atoms with E-state index in [0.717, 1.165) is 21.6 Å². The van der Waals surface area contributed by atoms with Gasteiger partial charge in [0, 0.05) is 35.4 Å². The number of aromatic nitrogens is 2. The SMILES string of the molecule is COc1cc(C(C)(C)c2cnc(SCc3c(F)cc(S(=O)(=O)N(CCC[N+](C)(C)C)C(C)(C)C(=O)O)cc3F)n2-c2ccc(F)cc2)ccc1Cl.O=C([O-])C(F)(F)F. The summed E-state index contributed by atoms with van der Waals surface area (Å²) in [7, 11) is 2.59. The molecule has 1 N–H and O–H groups in total. The van der Waals surface area contributed by atoms with E-state index in [1.165, 1.54) is 33.1 Å². The molecule has 0 bridgehead atoms. The van der Waals surface area contributed by atoms with Gasteiger partial charge in [-0.1, -0.05) is 43.3 Å². The van der Waals surface area contributed by atoms with E-state index in [9.17, 15) is 35.9 Å². The Kier molecular flexibility index (Phi) is 15.2. The van der Waals surface area contributed by atoms with Gasteiger partial charge in [-0.25, -0.2) is 26.6 Å². The lowest BCUT2D eigenvalue weighted by Crippen LogP contribution is -2.53. The second-order valence-electron chi connectivity index (χ2n) is 15.0. The summed E-state index contributed by atoms with van der Waals surface area (Å²) in [5.74, 6) is -6.90. The highest BCUT2D eigenvalue weighted by molar-refractivity contribution is 7.98. The molecule has 0 saturated carbocycles. The minimum absolute atomic E-state index is 0.175. The molecular formula is C38H43ClF6N4O7S2. The largest absolute Gasteiger partial charge is 0.542 e. The first kappa shape index (κ1) is 48.1. The monoisotopic (exact) mass is 880 g/mol. The lowest BCUT2D eigenvalue weighted by molar-refractivity contribution is -0.870. The van der Waals surface area contributed by atoms with Crippen LogP contribution in [0.25, 0.3) is 5.69 Å². The molecule has 20 heteroatoms. The van der Waals surface area contributed by atoms with Gasteiger partial charge in [0.15, 0.2) is 5.16 Å². The number of quaternary nitrogens is 1. The number of carboxylic acids is 2. The fourth-order valence-corrected chi connectivity index (χ4v) is 8.55. The van der Waals surface area contributed by atoms with Gasteiger partial charge in [0.25, 0.3) is 0 Å². The maximum absolute atomic E-state index is 15.7. The van der Waals surface area contributed by atoms with Crippen molar-refractivity contribution in [1.29, 1.82) is 0 Å². The van der Waals surface area contributed by atoms with Crippen LogP contribution >= 0.6 is 23.4 Å². The Balaban J connectivity index is 0.00000117. The molecule has 3 aromatic carbocycles. The van der Waals surface area contributed by atoms with Crippen LogP contribution in [0.3, 0.4) is 0 Å². The number of hydrogen-bond donors (Lipinski definition) is 1. The second kappa shape index (κ2) is 18.3. The number of aliphatic carboxylic acids is 2. The average Bonchev–Trinajstić information content (AvgIpc) is 3.54. The lowest BCUT2D eigenvalue weighted by Gasteiger charge is -2.35. The number of benzene rings is 3. The van der Waals surface area contributed by atoms with E-state index in [1.807, 2.05) is 41.1 Å². The van der Waals surface area contributed by atoms with Crippen LogP contribution in [0.2, 0.25) is 5.02 Å². The highest BCUT2D eigenvalue weighted by Gasteiger charge is 2.43. The fraction of sp³-hybridized carbons (Fsp3) is 0.395. The fourth-order valence-electron chi connectivity index (χ4n) is 5.54. The zero-order valence-corrected chi connectivity index (χ0v) is 35.1. The highest BCUT2D eigenvalue weighted by Crippen LogP contribution is 2.40. The molecule has 4 aromatic rings. The topological polar surface area (TPSA) is 142 Å². The molecule has 0 unspecified atom stereocenters. The molecule has 0 fully saturated rings. The Hall–Kier alpha value is -4.30. The molecular weight excluding hydrogens is 838 g/mol. The van der Waals surface area contributed by atoms with Crippen LogP contribution in [0.4, 0.5) is 26.3 Å². The minimum atomic E-state index is -5.19. The molecule has 1 heterocycles. The lowest BCUT2D eigenvalue weighted by atomic mass is 9.81. The van der Waals surface area contributed by atoms with Crippen molar-refractivity contribution in [2.24, 2.45) is 0 Å². The van der Waals surface area contributed by atoms with Crippen molar-refractivity contribution in [1.82, 2.24) is 13.9 Å². The zero-order valence-electron chi connectivity index (χ0n) is 32.7. The van der Waals surface area contributed by atoms with Crippen molar-refractivity contribution in [3.05, 3.63) is 100 Å². The molecule has 0 aliphatic heterocycles. The van der Waals surface area contributed by atoms with Gasteiger partial charge < -0.3 is 24.2 Å². The van der Waals surface area contributed by atoms with Crippen molar-refractivity contribution >= 4 is 45.3 Å². The van der Waals surface area contributed by atoms with E-state index < -0.39 is 67.0 Å². The first-order valence-electron chi connectivity index (χ1n) is 17.2. The second-order valence-corrected chi connectivity index (χ2v) is 18.2. The molecule has 0 aliphatic carbocycles. The van der Waals surface area contributed by atoms with Crippen LogP contribution in [0, 0.1) is 17.5 Å². The molecule has 11 nitrogen and oxygen atoms in total. The number of carbonyl (C=O) groups is 2. The summed E-state index contributed by atoms with van der Waals surface area (Å²) in [6, 6.07) is 12.5. The van der Waals surface area contributed by atoms with Crippen LogP contribution in [0.1, 0.15) is 50.9 Å². The number of thioether (sulfide) groups is 1. The molecule has 4 rings (SSSR count). The molecule has 58 heavy (non-hydrogen) atoms. The van der Waals surface area contributed by atoms with Gasteiger partial charge >= 0.3 is 12.1 Å². The predicted octanol–water partition coefficient (Wildman–Crippen LogP) is 6.82. The summed E-state index contributed by atoms with van der Waals surface area (Å²) in [5.41, 5.74) is -0.957. The van der Waals surface area contributed by atoms with Gasteiger partial charge in [0.05, 0.1) is 56.6 Å². The van der Waals surface area contributed by atoms with Gasteiger partial charge in [-0.3, -0.25) is 9.36 Å². The standard InChI is InChI=1S/C36H42ClF3N4O5S2.C2HF3O2/c1-35(2,23-10-15-28(37)31(18-23)49-8)32-21-41-34(43(32)25-13-11-24(38)12-14-25)50-22-27-29(39)19-26(20-30(27)40)51(47,48)42(36(3,4)33(45)46)16-9-17-44(5,6)7;3-2(4,5)1(6)7/h10-15,18-21H,9,16-17,22H2,1-8H3;(H,6,7). The van der Waals surface area contributed by atoms with Crippen molar-refractivity contribution in [3.8, 4) is 11.4 Å². The quantitative estimate of drug-likeness (QED) is 0.0774. The van der Waals surface area contributed by atoms with E-state index in [0.29, 0.717) is 56.9 Å². The molecule has 0 saturated heterocycles. The third-order valence-electron chi connectivity index (χ3n) is 8.94. The number of ether oxygens (including phenoxy) is 1. The number of hydrogen-bond acceptors (Lipinski definition) is 8. The number of carbonyl (C=O) groups excluding carboxylic acids is 1. The summed E-state index contributed by atoms with van der Waals surface area (Å²) in [6.45, 7) is 6.73. The van der Waals surface area contributed by atoms with Crippen molar-refractivity contribution < 1.29 is 63.8 Å². The van der Waals surface area contributed by atoms with Crippen LogP contribution in [0.15, 0.2) is 70.8 Å². The Bertz CT molecular complexity index is 2200. The maximum atomic E-state index is 15.7.